The van der Waals surface area contributed by atoms with Crippen molar-refractivity contribution in [3.63, 3.8) is 0 Å². The second-order valence-electron chi connectivity index (χ2n) is 4.43. The number of aromatic nitrogens is 1. The normalized spacial score (nSPS) is 17.2. The molecule has 16 heavy (non-hydrogen) atoms. The Kier molecular flexibility index (Phi) is 5.18. The van der Waals surface area contributed by atoms with Crippen LogP contribution in [0.4, 0.5) is 0 Å². The Bertz CT molecular complexity index is 325. The summed E-state index contributed by atoms with van der Waals surface area (Å²) >= 11 is 1.78. The monoisotopic (exact) mass is 261 g/mol. The van der Waals surface area contributed by atoms with Crippen molar-refractivity contribution in [2.45, 2.75) is 38.3 Å². The largest absolute Gasteiger partial charge is 0.329 e. The highest BCUT2D eigenvalue weighted by Gasteiger charge is 2.28. The summed E-state index contributed by atoms with van der Waals surface area (Å²) in [6.07, 6.45) is 2.65. The molecule has 0 bridgehead atoms. The molecule has 0 amide bonds. The Hall–Kier alpha value is -0.160. The number of hydrogen-bond acceptors (Lipinski definition) is 4. The first-order valence-corrected chi connectivity index (χ1v) is 6.43. The molecule has 1 fully saturated rings. The van der Waals surface area contributed by atoms with Gasteiger partial charge in [-0.25, -0.2) is 4.98 Å². The third kappa shape index (κ3) is 3.17. The van der Waals surface area contributed by atoms with Gasteiger partial charge in [0.25, 0.3) is 0 Å². The van der Waals surface area contributed by atoms with Crippen molar-refractivity contribution in [1.29, 1.82) is 0 Å². The number of halogens is 1. The zero-order valence-electron chi connectivity index (χ0n) is 9.85. The van der Waals surface area contributed by atoms with Crippen LogP contribution in [0.25, 0.3) is 0 Å². The Morgan fingerprint density at radius 2 is 2.31 bits per heavy atom. The number of thiazole rings is 1. The first-order chi connectivity index (χ1) is 7.22. The topological polar surface area (TPSA) is 42.1 Å². The van der Waals surface area contributed by atoms with Gasteiger partial charge in [0.05, 0.1) is 11.2 Å². The predicted octanol–water partition coefficient (Wildman–Crippen LogP) is 2.22. The highest BCUT2D eigenvalue weighted by atomic mass is 35.5. The fraction of sp³-hybridized carbons (Fsp3) is 0.727. The van der Waals surface area contributed by atoms with E-state index in [0.29, 0.717) is 12.6 Å². The van der Waals surface area contributed by atoms with Crippen LogP contribution in [0.2, 0.25) is 0 Å². The van der Waals surface area contributed by atoms with Gasteiger partial charge >= 0.3 is 0 Å². The van der Waals surface area contributed by atoms with Crippen LogP contribution in [-0.2, 0) is 6.54 Å². The molecule has 1 saturated carbocycles. The summed E-state index contributed by atoms with van der Waals surface area (Å²) in [6, 6.07) is 0.444. The maximum absolute atomic E-state index is 5.66. The third-order valence-corrected chi connectivity index (χ3v) is 3.96. The van der Waals surface area contributed by atoms with Gasteiger partial charge in [-0.1, -0.05) is 0 Å². The van der Waals surface area contributed by atoms with Gasteiger partial charge in [-0.3, -0.25) is 4.90 Å². The molecule has 1 aromatic rings. The van der Waals surface area contributed by atoms with Crippen molar-refractivity contribution < 1.29 is 0 Å². The van der Waals surface area contributed by atoms with E-state index >= 15 is 0 Å². The van der Waals surface area contributed by atoms with Crippen LogP contribution in [0.1, 0.15) is 36.3 Å². The van der Waals surface area contributed by atoms with Crippen molar-refractivity contribution in [1.82, 2.24) is 9.88 Å². The summed E-state index contributed by atoms with van der Waals surface area (Å²) in [5.74, 6) is 0.757. The van der Waals surface area contributed by atoms with Gasteiger partial charge in [-0.05, 0) is 26.8 Å². The SMILES string of the molecule is CC(CN)N(C)Cc1scnc1C1CC1.Cl. The van der Waals surface area contributed by atoms with E-state index in [1.165, 1.54) is 23.4 Å². The van der Waals surface area contributed by atoms with Crippen molar-refractivity contribution in [3.8, 4) is 0 Å². The van der Waals surface area contributed by atoms with Gasteiger partial charge in [-0.15, -0.1) is 23.7 Å². The van der Waals surface area contributed by atoms with E-state index in [2.05, 4.69) is 23.9 Å². The number of hydrogen-bond donors (Lipinski definition) is 1. The predicted molar refractivity (Wildman–Crippen MR) is 71.3 cm³/mol. The smallest absolute Gasteiger partial charge is 0.0798 e. The number of nitrogens with zero attached hydrogens (tertiary/aromatic N) is 2. The molecule has 5 heteroatoms. The van der Waals surface area contributed by atoms with Crippen LogP contribution in [0.5, 0.6) is 0 Å². The molecular formula is C11H20ClN3S. The molecule has 1 aliphatic rings. The van der Waals surface area contributed by atoms with E-state index in [1.807, 2.05) is 5.51 Å². The van der Waals surface area contributed by atoms with Crippen molar-refractivity contribution in [2.24, 2.45) is 5.73 Å². The van der Waals surface area contributed by atoms with Gasteiger partial charge in [0.1, 0.15) is 0 Å². The number of likely N-dealkylation sites (N-methyl/N-ethyl adjacent to an activating group) is 1. The van der Waals surface area contributed by atoms with Crippen LogP contribution >= 0.6 is 23.7 Å². The maximum atomic E-state index is 5.66. The second-order valence-corrected chi connectivity index (χ2v) is 5.37. The molecular weight excluding hydrogens is 242 g/mol. The highest BCUT2D eigenvalue weighted by Crippen LogP contribution is 2.42. The average molecular weight is 262 g/mol. The molecule has 2 rings (SSSR count). The van der Waals surface area contributed by atoms with Crippen LogP contribution in [0.15, 0.2) is 5.51 Å². The van der Waals surface area contributed by atoms with Gasteiger partial charge in [0, 0.05) is 29.9 Å². The quantitative estimate of drug-likeness (QED) is 0.884. The summed E-state index contributed by atoms with van der Waals surface area (Å²) in [5.41, 5.74) is 8.98. The molecule has 1 aromatic heterocycles. The Balaban J connectivity index is 0.00000128. The lowest BCUT2D eigenvalue weighted by molar-refractivity contribution is 0.256. The first kappa shape index (κ1) is 13.9. The van der Waals surface area contributed by atoms with Gasteiger partial charge < -0.3 is 5.73 Å². The van der Waals surface area contributed by atoms with Gasteiger partial charge in [0.15, 0.2) is 0 Å². The lowest BCUT2D eigenvalue weighted by Gasteiger charge is -2.22. The second kappa shape index (κ2) is 5.96. The first-order valence-electron chi connectivity index (χ1n) is 5.55. The van der Waals surface area contributed by atoms with E-state index in [0.717, 1.165) is 12.5 Å². The standard InChI is InChI=1S/C11H19N3S.ClH/c1-8(5-12)14(2)6-10-11(9-3-4-9)13-7-15-10;/h7-9H,3-6,12H2,1-2H3;1H. The number of nitrogens with two attached hydrogens (primary N) is 1. The molecule has 1 aliphatic carbocycles. The molecule has 1 atom stereocenters. The Labute approximate surface area is 107 Å². The molecule has 1 unspecified atom stereocenters. The zero-order chi connectivity index (χ0) is 10.8. The lowest BCUT2D eigenvalue weighted by Crippen LogP contribution is -2.34. The Morgan fingerprint density at radius 1 is 1.62 bits per heavy atom. The maximum Gasteiger partial charge on any atom is 0.0798 e. The van der Waals surface area contributed by atoms with Gasteiger partial charge in [0.2, 0.25) is 0 Å². The minimum Gasteiger partial charge on any atom is -0.329 e. The molecule has 0 aliphatic heterocycles. The van der Waals surface area contributed by atoms with Crippen LogP contribution in [-0.4, -0.2) is 29.5 Å². The lowest BCUT2D eigenvalue weighted by atomic mass is 10.2. The molecule has 92 valence electrons. The molecule has 0 spiro atoms. The molecule has 3 nitrogen and oxygen atoms in total. The van der Waals surface area contributed by atoms with Crippen molar-refractivity contribution in [2.75, 3.05) is 13.6 Å². The van der Waals surface area contributed by atoms with E-state index < -0.39 is 0 Å². The van der Waals surface area contributed by atoms with E-state index in [-0.39, 0.29) is 12.4 Å². The summed E-state index contributed by atoms with van der Waals surface area (Å²) < 4.78 is 0. The summed E-state index contributed by atoms with van der Waals surface area (Å²) in [4.78, 5) is 8.21. The van der Waals surface area contributed by atoms with E-state index in [4.69, 9.17) is 5.73 Å². The average Bonchev–Trinajstić information content (AvgIpc) is 2.99. The van der Waals surface area contributed by atoms with Crippen LogP contribution < -0.4 is 5.73 Å². The summed E-state index contributed by atoms with van der Waals surface area (Å²) in [5, 5.41) is 0. The fourth-order valence-corrected chi connectivity index (χ4v) is 2.56. The van der Waals surface area contributed by atoms with Gasteiger partial charge in [-0.2, -0.15) is 0 Å². The van der Waals surface area contributed by atoms with Crippen LogP contribution in [0, 0.1) is 0 Å². The summed E-state index contributed by atoms with van der Waals surface area (Å²) in [6.45, 7) is 3.88. The van der Waals surface area contributed by atoms with Crippen molar-refractivity contribution >= 4 is 23.7 Å². The minimum absolute atomic E-state index is 0. The minimum atomic E-state index is 0. The molecule has 0 saturated heterocycles. The van der Waals surface area contributed by atoms with Crippen molar-refractivity contribution in [3.05, 3.63) is 16.1 Å². The fourth-order valence-electron chi connectivity index (χ4n) is 1.65. The molecule has 2 N–H and O–H groups in total. The molecule has 0 aromatic carbocycles. The molecule has 1 heterocycles. The summed E-state index contributed by atoms with van der Waals surface area (Å²) in [7, 11) is 2.13. The van der Waals surface area contributed by atoms with E-state index in [1.54, 1.807) is 11.3 Å². The highest BCUT2D eigenvalue weighted by molar-refractivity contribution is 7.09. The number of rotatable bonds is 5. The zero-order valence-corrected chi connectivity index (χ0v) is 11.5. The third-order valence-electron chi connectivity index (χ3n) is 3.12. The Morgan fingerprint density at radius 3 is 2.88 bits per heavy atom. The van der Waals surface area contributed by atoms with E-state index in [9.17, 15) is 0 Å². The van der Waals surface area contributed by atoms with Crippen LogP contribution in [0.3, 0.4) is 0 Å². The molecule has 0 radical (unpaired) electrons.